The molecule has 1 aromatic rings. The van der Waals surface area contributed by atoms with E-state index in [1.165, 1.54) is 22.9 Å². The molecule has 0 atom stereocenters. The van der Waals surface area contributed by atoms with Crippen molar-refractivity contribution >= 4 is 7.32 Å². The Kier molecular flexibility index (Phi) is 2.52. The molecule has 0 aliphatic carbocycles. The Morgan fingerprint density at radius 2 is 2.17 bits per heavy atom. The van der Waals surface area contributed by atoms with E-state index in [9.17, 15) is 4.79 Å². The van der Waals surface area contributed by atoms with Crippen molar-refractivity contribution in [3.05, 3.63) is 28.7 Å². The van der Waals surface area contributed by atoms with Gasteiger partial charge in [-0.25, -0.2) is 0 Å². The van der Waals surface area contributed by atoms with E-state index < -0.39 is 7.32 Å². The summed E-state index contributed by atoms with van der Waals surface area (Å²) in [6.07, 6.45) is 1.36. The maximum absolute atomic E-state index is 10.8. The monoisotopic (exact) mass is 169 g/mol. The van der Waals surface area contributed by atoms with Crippen molar-refractivity contribution in [2.45, 2.75) is 0 Å². The van der Waals surface area contributed by atoms with Crippen LogP contribution >= 0.6 is 0 Å². The molecule has 1 aromatic heterocycles. The number of aryl methyl sites for hydroxylation is 1. The van der Waals surface area contributed by atoms with Gasteiger partial charge in [0, 0.05) is 19.3 Å². The molecule has 64 valence electrons. The molecule has 2 N–H and O–H groups in total. The topological polar surface area (TPSA) is 71.7 Å². The van der Waals surface area contributed by atoms with Crippen molar-refractivity contribution in [3.8, 4) is 5.75 Å². The highest BCUT2D eigenvalue weighted by molar-refractivity contribution is 6.33. The summed E-state index contributed by atoms with van der Waals surface area (Å²) in [6, 6.07) is 2.64. The highest BCUT2D eigenvalue weighted by Gasteiger charge is 2.10. The zero-order chi connectivity index (χ0) is 9.14. The molecular weight excluding hydrogens is 161 g/mol. The first-order chi connectivity index (χ1) is 5.59. The summed E-state index contributed by atoms with van der Waals surface area (Å²) in [4.78, 5) is 10.8. The first-order valence-electron chi connectivity index (χ1n) is 3.29. The molecule has 0 bridgehead atoms. The quantitative estimate of drug-likeness (QED) is 0.541. The van der Waals surface area contributed by atoms with Gasteiger partial charge in [-0.1, -0.05) is 0 Å². The smallest absolute Gasteiger partial charge is 0.511 e. The van der Waals surface area contributed by atoms with Crippen molar-refractivity contribution in [3.63, 3.8) is 0 Å². The molecule has 0 radical (unpaired) electrons. The highest BCUT2D eigenvalue weighted by atomic mass is 16.6. The standard InChI is InChI=1S/C6H8BNO4/c1-8-4-5(12-7(10)11)2-3-6(8)9/h2-4,10-11H,1H3. The Balaban J connectivity index is 2.90. The van der Waals surface area contributed by atoms with Gasteiger partial charge >= 0.3 is 7.32 Å². The molecule has 12 heavy (non-hydrogen) atoms. The first-order valence-corrected chi connectivity index (χ1v) is 3.29. The van der Waals surface area contributed by atoms with Gasteiger partial charge in [-0.2, -0.15) is 0 Å². The van der Waals surface area contributed by atoms with Crippen LogP contribution in [-0.4, -0.2) is 21.9 Å². The van der Waals surface area contributed by atoms with E-state index in [2.05, 4.69) is 4.65 Å². The molecular formula is C6H8BNO4. The Hall–Kier alpha value is -1.27. The number of rotatable bonds is 2. The molecule has 0 saturated heterocycles. The van der Waals surface area contributed by atoms with E-state index in [0.717, 1.165) is 0 Å². The summed E-state index contributed by atoms with van der Waals surface area (Å²) in [5.41, 5.74) is -0.185. The van der Waals surface area contributed by atoms with E-state index in [1.54, 1.807) is 7.05 Å². The molecule has 1 rings (SSSR count). The molecule has 0 aliphatic heterocycles. The second kappa shape index (κ2) is 3.42. The van der Waals surface area contributed by atoms with Crippen molar-refractivity contribution in [2.75, 3.05) is 0 Å². The summed E-state index contributed by atoms with van der Waals surface area (Å²) in [5.74, 6) is 0.229. The van der Waals surface area contributed by atoms with Gasteiger partial charge in [-0.05, 0) is 6.07 Å². The number of hydrogen-bond acceptors (Lipinski definition) is 4. The van der Waals surface area contributed by atoms with E-state index in [4.69, 9.17) is 10.0 Å². The van der Waals surface area contributed by atoms with Crippen molar-refractivity contribution in [1.29, 1.82) is 0 Å². The molecule has 1 heterocycles. The van der Waals surface area contributed by atoms with E-state index >= 15 is 0 Å². The van der Waals surface area contributed by atoms with Gasteiger partial charge in [0.25, 0.3) is 0 Å². The molecule has 0 fully saturated rings. The van der Waals surface area contributed by atoms with Crippen molar-refractivity contribution in [2.24, 2.45) is 7.05 Å². The SMILES string of the molecule is Cn1cc(OB(O)O)ccc1=O. The number of pyridine rings is 1. The van der Waals surface area contributed by atoms with Crippen LogP contribution in [0.1, 0.15) is 0 Å². The molecule has 0 aromatic carbocycles. The summed E-state index contributed by atoms with van der Waals surface area (Å²) in [6.45, 7) is 0. The van der Waals surface area contributed by atoms with Crippen LogP contribution in [0, 0.1) is 0 Å². The predicted octanol–water partition coefficient (Wildman–Crippen LogP) is -1.27. The lowest BCUT2D eigenvalue weighted by atomic mass is 10.2. The van der Waals surface area contributed by atoms with Crippen LogP contribution in [0.2, 0.25) is 0 Å². The second-order valence-corrected chi connectivity index (χ2v) is 2.26. The Bertz CT molecular complexity index is 322. The normalized spacial score (nSPS) is 9.58. The maximum Gasteiger partial charge on any atom is 0.707 e. The Labute approximate surface area is 69.0 Å². The van der Waals surface area contributed by atoms with Crippen LogP contribution in [0.25, 0.3) is 0 Å². The minimum Gasteiger partial charge on any atom is -0.511 e. The molecule has 0 aliphatic rings. The number of nitrogens with zero attached hydrogens (tertiary/aromatic N) is 1. The van der Waals surface area contributed by atoms with Crippen LogP contribution in [0.5, 0.6) is 5.75 Å². The third-order valence-corrected chi connectivity index (χ3v) is 1.30. The molecule has 6 heteroatoms. The fourth-order valence-corrected chi connectivity index (χ4v) is 0.760. The van der Waals surface area contributed by atoms with Gasteiger partial charge in [0.15, 0.2) is 0 Å². The van der Waals surface area contributed by atoms with E-state index in [1.807, 2.05) is 0 Å². The minimum atomic E-state index is -1.86. The van der Waals surface area contributed by atoms with Crippen molar-refractivity contribution < 1.29 is 14.7 Å². The van der Waals surface area contributed by atoms with Gasteiger partial charge in [0.05, 0.1) is 0 Å². The predicted molar refractivity (Wildman–Crippen MR) is 42.5 cm³/mol. The Morgan fingerprint density at radius 1 is 1.50 bits per heavy atom. The molecule has 0 spiro atoms. The zero-order valence-electron chi connectivity index (χ0n) is 6.47. The lowest BCUT2D eigenvalue weighted by molar-refractivity contribution is 0.287. The number of hydrogen-bond donors (Lipinski definition) is 2. The average Bonchev–Trinajstić information content (AvgIpc) is 1.96. The van der Waals surface area contributed by atoms with E-state index in [-0.39, 0.29) is 11.3 Å². The molecule has 0 unspecified atom stereocenters. The van der Waals surface area contributed by atoms with Crippen LogP contribution in [0.3, 0.4) is 0 Å². The Morgan fingerprint density at radius 3 is 2.67 bits per heavy atom. The van der Waals surface area contributed by atoms with E-state index in [0.29, 0.717) is 0 Å². The van der Waals surface area contributed by atoms with Crippen LogP contribution in [-0.2, 0) is 7.05 Å². The first kappa shape index (κ1) is 8.83. The average molecular weight is 169 g/mol. The van der Waals surface area contributed by atoms with Crippen LogP contribution in [0.4, 0.5) is 0 Å². The van der Waals surface area contributed by atoms with Gasteiger partial charge < -0.3 is 19.3 Å². The summed E-state index contributed by atoms with van der Waals surface area (Å²) < 4.78 is 5.78. The lowest BCUT2D eigenvalue weighted by Gasteiger charge is -2.04. The zero-order valence-corrected chi connectivity index (χ0v) is 6.47. The van der Waals surface area contributed by atoms with Gasteiger partial charge in [0.1, 0.15) is 5.75 Å². The minimum absolute atomic E-state index is 0.185. The van der Waals surface area contributed by atoms with Gasteiger partial charge in [-0.15, -0.1) is 0 Å². The molecule has 5 nitrogen and oxygen atoms in total. The third kappa shape index (κ3) is 2.11. The third-order valence-electron chi connectivity index (χ3n) is 1.30. The molecule has 0 saturated carbocycles. The molecule has 0 amide bonds. The lowest BCUT2D eigenvalue weighted by Crippen LogP contribution is -2.22. The fraction of sp³-hybridized carbons (Fsp3) is 0.167. The number of aromatic nitrogens is 1. The maximum atomic E-state index is 10.8. The summed E-state index contributed by atoms with van der Waals surface area (Å²) >= 11 is 0. The van der Waals surface area contributed by atoms with Gasteiger partial charge in [0.2, 0.25) is 5.56 Å². The highest BCUT2D eigenvalue weighted by Crippen LogP contribution is 2.05. The van der Waals surface area contributed by atoms with Gasteiger partial charge in [-0.3, -0.25) is 4.79 Å². The largest absolute Gasteiger partial charge is 0.707 e. The van der Waals surface area contributed by atoms with Crippen LogP contribution in [0.15, 0.2) is 23.1 Å². The summed E-state index contributed by atoms with van der Waals surface area (Å²) in [7, 11) is -0.318. The fourth-order valence-electron chi connectivity index (χ4n) is 0.760. The van der Waals surface area contributed by atoms with Crippen LogP contribution < -0.4 is 10.2 Å². The van der Waals surface area contributed by atoms with Crippen molar-refractivity contribution in [1.82, 2.24) is 4.57 Å². The summed E-state index contributed by atoms with van der Waals surface area (Å²) in [5, 5.41) is 16.8. The second-order valence-electron chi connectivity index (χ2n) is 2.26.